The molecular weight excluding hydrogens is 1000 g/mol. The zero-order chi connectivity index (χ0) is 56.9. The summed E-state index contributed by atoms with van der Waals surface area (Å²) in [7, 11) is -4.76. The second kappa shape index (κ2) is 60.0. The number of rotatable bonds is 59. The number of carbonyl (C=O) groups is 3. The molecule has 0 aliphatic heterocycles. The summed E-state index contributed by atoms with van der Waals surface area (Å²) in [6.07, 6.45) is 68.5. The van der Waals surface area contributed by atoms with Crippen molar-refractivity contribution < 1.29 is 52.2 Å². The van der Waals surface area contributed by atoms with Gasteiger partial charge in [-0.05, 0) is 109 Å². The molecule has 3 atom stereocenters. The normalized spacial score (nSPS) is 13.8. The number of phosphoric acid groups is 1. The van der Waals surface area contributed by atoms with E-state index in [0.717, 1.165) is 109 Å². The maximum absolute atomic E-state index is 13.0. The Balaban J connectivity index is 4.72. The summed E-state index contributed by atoms with van der Waals surface area (Å²) in [4.78, 5) is 48.7. The van der Waals surface area contributed by atoms with E-state index in [1.807, 2.05) is 0 Å². The first kappa shape index (κ1) is 74.9. The molecular formula is C66H117O11P. The SMILES string of the molecule is CCC/C=C\C/C=C\CCCCCCCC(=O)OC(CO)COP(=O)(O)OCC(COC(=O)CCCCCCCCCCC/C=C\C/C=C\CCCCC)OC(=O)CCCCCCCCCCC/C=C\C/C=C\CCCCC. The van der Waals surface area contributed by atoms with Gasteiger partial charge < -0.3 is 24.2 Å². The third-order valence-electron chi connectivity index (χ3n) is 13.6. The summed E-state index contributed by atoms with van der Waals surface area (Å²) < 4.78 is 39.6. The average molecular weight is 1120 g/mol. The lowest BCUT2D eigenvalue weighted by molar-refractivity contribution is -0.161. The van der Waals surface area contributed by atoms with Gasteiger partial charge in [-0.25, -0.2) is 4.57 Å². The van der Waals surface area contributed by atoms with Crippen LogP contribution in [0.2, 0.25) is 0 Å². The van der Waals surface area contributed by atoms with Gasteiger partial charge in [-0.1, -0.05) is 235 Å². The van der Waals surface area contributed by atoms with E-state index in [9.17, 15) is 28.9 Å². The highest BCUT2D eigenvalue weighted by Gasteiger charge is 2.28. The van der Waals surface area contributed by atoms with E-state index in [2.05, 4.69) is 93.7 Å². The van der Waals surface area contributed by atoms with Gasteiger partial charge in [0.1, 0.15) is 12.7 Å². The van der Waals surface area contributed by atoms with Crippen LogP contribution in [-0.4, -0.2) is 66.5 Å². The van der Waals surface area contributed by atoms with Crippen LogP contribution in [0.15, 0.2) is 72.9 Å². The van der Waals surface area contributed by atoms with Crippen LogP contribution in [0.5, 0.6) is 0 Å². The molecule has 452 valence electrons. The van der Waals surface area contributed by atoms with Crippen molar-refractivity contribution >= 4 is 25.7 Å². The monoisotopic (exact) mass is 1120 g/mol. The summed E-state index contributed by atoms with van der Waals surface area (Å²) in [6.45, 7) is 4.54. The number of hydrogen-bond acceptors (Lipinski definition) is 10. The molecule has 0 saturated carbocycles. The number of allylic oxidation sites excluding steroid dienone is 12. The van der Waals surface area contributed by atoms with E-state index in [-0.39, 0.29) is 25.9 Å². The Hall–Kier alpha value is -3.08. The Bertz CT molecular complexity index is 1590. The summed E-state index contributed by atoms with van der Waals surface area (Å²) in [6, 6.07) is 0. The van der Waals surface area contributed by atoms with Gasteiger partial charge >= 0.3 is 25.7 Å². The summed E-state index contributed by atoms with van der Waals surface area (Å²) in [5, 5.41) is 9.83. The van der Waals surface area contributed by atoms with Crippen LogP contribution in [0.1, 0.15) is 290 Å². The van der Waals surface area contributed by atoms with Gasteiger partial charge in [0.05, 0.1) is 19.8 Å². The lowest BCUT2D eigenvalue weighted by Crippen LogP contribution is -2.30. The van der Waals surface area contributed by atoms with Gasteiger partial charge in [-0.3, -0.25) is 23.4 Å². The summed E-state index contributed by atoms with van der Waals surface area (Å²) >= 11 is 0. The zero-order valence-electron chi connectivity index (χ0n) is 50.1. The third-order valence-corrected chi connectivity index (χ3v) is 14.5. The van der Waals surface area contributed by atoms with Crippen LogP contribution in [0, 0.1) is 0 Å². The molecule has 0 aromatic carbocycles. The molecule has 0 aromatic heterocycles. The Morgan fingerprint density at radius 3 is 1.00 bits per heavy atom. The topological polar surface area (TPSA) is 155 Å². The molecule has 0 radical (unpaired) electrons. The van der Waals surface area contributed by atoms with E-state index < -0.39 is 57.8 Å². The highest BCUT2D eigenvalue weighted by molar-refractivity contribution is 7.47. The largest absolute Gasteiger partial charge is 0.472 e. The Labute approximate surface area is 478 Å². The second-order valence-electron chi connectivity index (χ2n) is 21.2. The molecule has 0 aromatic rings. The minimum Gasteiger partial charge on any atom is -0.462 e. The molecule has 12 heteroatoms. The minimum atomic E-state index is -4.76. The van der Waals surface area contributed by atoms with Crippen molar-refractivity contribution in [1.29, 1.82) is 0 Å². The molecule has 78 heavy (non-hydrogen) atoms. The number of esters is 3. The number of ether oxygens (including phenoxy) is 3. The van der Waals surface area contributed by atoms with Gasteiger partial charge in [-0.2, -0.15) is 0 Å². The standard InChI is InChI=1S/C66H117O11P/c1-4-7-10-13-16-19-22-25-27-29-31-33-35-38-40-43-46-49-52-55-64(68)73-59-63(77-66(70)57-54-51-48-45-42-39-36-34-32-30-28-26-23-20-17-14-11-8-5-2)61-75-78(71,72)74-60-62(58-67)76-65(69)56-53-50-47-44-41-37-24-21-18-15-12-9-6-3/h12,15-17,19-21,24-28,62-63,67H,4-11,13-14,18,22-23,29-61H2,1-3H3,(H,71,72)/b15-12-,19-16-,20-17-,24-21-,27-25-,28-26-. The van der Waals surface area contributed by atoms with E-state index in [1.54, 1.807) is 0 Å². The van der Waals surface area contributed by atoms with Crippen LogP contribution in [-0.2, 0) is 42.2 Å². The first-order valence-electron chi connectivity index (χ1n) is 31.8. The molecule has 11 nitrogen and oxygen atoms in total. The number of phosphoric ester groups is 1. The number of aliphatic hydroxyl groups excluding tert-OH is 1. The lowest BCUT2D eigenvalue weighted by Gasteiger charge is -2.21. The summed E-state index contributed by atoms with van der Waals surface area (Å²) in [5.74, 6) is -1.48. The molecule has 0 saturated heterocycles. The van der Waals surface area contributed by atoms with Gasteiger partial charge in [0.2, 0.25) is 0 Å². The van der Waals surface area contributed by atoms with Crippen molar-refractivity contribution in [2.75, 3.05) is 26.4 Å². The second-order valence-corrected chi connectivity index (χ2v) is 22.7. The van der Waals surface area contributed by atoms with Crippen LogP contribution in [0.25, 0.3) is 0 Å². The molecule has 0 spiro atoms. The van der Waals surface area contributed by atoms with Crippen LogP contribution in [0.4, 0.5) is 0 Å². The number of hydrogen-bond donors (Lipinski definition) is 2. The summed E-state index contributed by atoms with van der Waals surface area (Å²) in [5.41, 5.74) is 0. The molecule has 0 rings (SSSR count). The molecule has 3 unspecified atom stereocenters. The average Bonchev–Trinajstić information content (AvgIpc) is 3.43. The first-order valence-corrected chi connectivity index (χ1v) is 33.3. The Morgan fingerprint density at radius 1 is 0.359 bits per heavy atom. The fraction of sp³-hybridized carbons (Fsp3) is 0.773. The maximum atomic E-state index is 13.0. The van der Waals surface area contributed by atoms with Gasteiger partial charge in [0.25, 0.3) is 0 Å². The highest BCUT2D eigenvalue weighted by Crippen LogP contribution is 2.43. The number of carbonyl (C=O) groups excluding carboxylic acids is 3. The Morgan fingerprint density at radius 2 is 0.654 bits per heavy atom. The molecule has 0 fully saturated rings. The smallest absolute Gasteiger partial charge is 0.462 e. The van der Waals surface area contributed by atoms with E-state index in [0.29, 0.717) is 19.3 Å². The van der Waals surface area contributed by atoms with Crippen molar-refractivity contribution in [3.8, 4) is 0 Å². The maximum Gasteiger partial charge on any atom is 0.472 e. The van der Waals surface area contributed by atoms with Gasteiger partial charge in [0.15, 0.2) is 6.10 Å². The highest BCUT2D eigenvalue weighted by atomic mass is 31.2. The molecule has 0 aliphatic carbocycles. The molecule has 0 amide bonds. The van der Waals surface area contributed by atoms with Gasteiger partial charge in [0, 0.05) is 19.3 Å². The van der Waals surface area contributed by atoms with Crippen molar-refractivity contribution in [1.82, 2.24) is 0 Å². The predicted octanol–water partition coefficient (Wildman–Crippen LogP) is 19.3. The third kappa shape index (κ3) is 57.6. The fourth-order valence-electron chi connectivity index (χ4n) is 8.69. The van der Waals surface area contributed by atoms with Crippen molar-refractivity contribution in [2.24, 2.45) is 0 Å². The van der Waals surface area contributed by atoms with Crippen LogP contribution in [0.3, 0.4) is 0 Å². The number of unbranched alkanes of at least 4 members (excludes halogenated alkanes) is 30. The molecule has 2 N–H and O–H groups in total. The van der Waals surface area contributed by atoms with Crippen molar-refractivity contribution in [2.45, 2.75) is 303 Å². The molecule has 0 heterocycles. The first-order chi connectivity index (χ1) is 38.2. The van der Waals surface area contributed by atoms with Crippen molar-refractivity contribution in [3.63, 3.8) is 0 Å². The van der Waals surface area contributed by atoms with Crippen molar-refractivity contribution in [3.05, 3.63) is 72.9 Å². The quantitative estimate of drug-likeness (QED) is 0.0197. The van der Waals surface area contributed by atoms with Crippen LogP contribution < -0.4 is 0 Å². The van der Waals surface area contributed by atoms with E-state index >= 15 is 0 Å². The molecule has 0 aliphatic rings. The lowest BCUT2D eigenvalue weighted by atomic mass is 10.1. The minimum absolute atomic E-state index is 0.160. The van der Waals surface area contributed by atoms with Crippen LogP contribution >= 0.6 is 7.82 Å². The Kier molecular flexibility index (Phi) is 57.7. The van der Waals surface area contributed by atoms with Gasteiger partial charge in [-0.15, -0.1) is 0 Å². The fourth-order valence-corrected chi connectivity index (χ4v) is 9.47. The molecule has 0 bridgehead atoms. The predicted molar refractivity (Wildman–Crippen MR) is 325 cm³/mol. The number of aliphatic hydroxyl groups is 1. The van der Waals surface area contributed by atoms with E-state index in [1.165, 1.54) is 122 Å². The zero-order valence-corrected chi connectivity index (χ0v) is 51.0. The van der Waals surface area contributed by atoms with E-state index in [4.69, 9.17) is 23.3 Å².